The SMILES string of the molecule is Cc1ccc(CNCC(C)c2ccccc2)s1. The minimum Gasteiger partial charge on any atom is -0.311 e. The molecule has 2 rings (SSSR count). The predicted molar refractivity (Wildman–Crippen MR) is 75.6 cm³/mol. The van der Waals surface area contributed by atoms with Gasteiger partial charge in [0.15, 0.2) is 0 Å². The van der Waals surface area contributed by atoms with Gasteiger partial charge in [-0.15, -0.1) is 11.3 Å². The maximum atomic E-state index is 3.52. The van der Waals surface area contributed by atoms with E-state index >= 15 is 0 Å². The Kier molecular flexibility index (Phi) is 4.35. The van der Waals surface area contributed by atoms with Gasteiger partial charge in [0.05, 0.1) is 0 Å². The molecule has 0 fully saturated rings. The van der Waals surface area contributed by atoms with E-state index in [1.165, 1.54) is 15.3 Å². The van der Waals surface area contributed by atoms with Crippen molar-refractivity contribution >= 4 is 11.3 Å². The van der Waals surface area contributed by atoms with Crippen LogP contribution in [-0.4, -0.2) is 6.54 Å². The molecule has 90 valence electrons. The van der Waals surface area contributed by atoms with Crippen molar-refractivity contribution in [2.75, 3.05) is 6.54 Å². The smallest absolute Gasteiger partial charge is 0.0300 e. The summed E-state index contributed by atoms with van der Waals surface area (Å²) in [6.45, 7) is 6.43. The molecule has 1 nitrogen and oxygen atoms in total. The molecule has 0 aliphatic rings. The Morgan fingerprint density at radius 3 is 2.53 bits per heavy atom. The quantitative estimate of drug-likeness (QED) is 0.841. The van der Waals surface area contributed by atoms with Crippen LogP contribution in [0.3, 0.4) is 0 Å². The first-order valence-electron chi connectivity index (χ1n) is 6.06. The highest BCUT2D eigenvalue weighted by molar-refractivity contribution is 7.11. The fraction of sp³-hybridized carbons (Fsp3) is 0.333. The monoisotopic (exact) mass is 245 g/mol. The van der Waals surface area contributed by atoms with Gasteiger partial charge >= 0.3 is 0 Å². The third kappa shape index (κ3) is 3.69. The summed E-state index contributed by atoms with van der Waals surface area (Å²) in [6, 6.07) is 15.1. The molecule has 0 radical (unpaired) electrons. The zero-order valence-electron chi connectivity index (χ0n) is 10.4. The molecule has 0 bridgehead atoms. The number of hydrogen-bond donors (Lipinski definition) is 1. The zero-order chi connectivity index (χ0) is 12.1. The van der Waals surface area contributed by atoms with Crippen LogP contribution in [0.1, 0.15) is 28.2 Å². The Morgan fingerprint density at radius 1 is 1.12 bits per heavy atom. The van der Waals surface area contributed by atoms with Crippen LogP contribution in [0, 0.1) is 6.92 Å². The number of rotatable bonds is 5. The lowest BCUT2D eigenvalue weighted by atomic mass is 10.0. The highest BCUT2D eigenvalue weighted by Gasteiger charge is 2.04. The summed E-state index contributed by atoms with van der Waals surface area (Å²) in [5.74, 6) is 0.567. The van der Waals surface area contributed by atoms with E-state index in [2.05, 4.69) is 61.6 Å². The molecule has 0 amide bonds. The van der Waals surface area contributed by atoms with Crippen LogP contribution < -0.4 is 5.32 Å². The summed E-state index contributed by atoms with van der Waals surface area (Å²) in [5, 5.41) is 3.52. The highest BCUT2D eigenvalue weighted by Crippen LogP contribution is 2.16. The number of benzene rings is 1. The van der Waals surface area contributed by atoms with Crippen molar-refractivity contribution in [3.05, 3.63) is 57.8 Å². The summed E-state index contributed by atoms with van der Waals surface area (Å²) >= 11 is 1.87. The lowest BCUT2D eigenvalue weighted by Crippen LogP contribution is -2.19. The summed E-state index contributed by atoms with van der Waals surface area (Å²) < 4.78 is 0. The van der Waals surface area contributed by atoms with Gasteiger partial charge < -0.3 is 5.32 Å². The van der Waals surface area contributed by atoms with Crippen molar-refractivity contribution < 1.29 is 0 Å². The van der Waals surface area contributed by atoms with Gasteiger partial charge in [0, 0.05) is 22.8 Å². The first kappa shape index (κ1) is 12.3. The molecule has 0 aliphatic carbocycles. The Bertz CT molecular complexity index is 447. The molecular weight excluding hydrogens is 226 g/mol. The Hall–Kier alpha value is -1.12. The lowest BCUT2D eigenvalue weighted by Gasteiger charge is -2.12. The Morgan fingerprint density at radius 2 is 1.88 bits per heavy atom. The molecule has 0 saturated carbocycles. The fourth-order valence-corrected chi connectivity index (χ4v) is 2.75. The molecule has 0 aliphatic heterocycles. The van der Waals surface area contributed by atoms with E-state index in [9.17, 15) is 0 Å². The van der Waals surface area contributed by atoms with Crippen LogP contribution in [0.25, 0.3) is 0 Å². The second-order valence-electron chi connectivity index (χ2n) is 4.45. The topological polar surface area (TPSA) is 12.0 Å². The van der Waals surface area contributed by atoms with E-state index in [1.54, 1.807) is 0 Å². The average molecular weight is 245 g/mol. The molecule has 0 saturated heterocycles. The summed E-state index contributed by atoms with van der Waals surface area (Å²) in [4.78, 5) is 2.81. The second-order valence-corrected chi connectivity index (χ2v) is 5.83. The van der Waals surface area contributed by atoms with E-state index in [1.807, 2.05) is 11.3 Å². The van der Waals surface area contributed by atoms with Crippen molar-refractivity contribution in [2.24, 2.45) is 0 Å². The van der Waals surface area contributed by atoms with Gasteiger partial charge in [0.25, 0.3) is 0 Å². The lowest BCUT2D eigenvalue weighted by molar-refractivity contribution is 0.619. The zero-order valence-corrected chi connectivity index (χ0v) is 11.3. The van der Waals surface area contributed by atoms with Crippen LogP contribution >= 0.6 is 11.3 Å². The molecule has 1 N–H and O–H groups in total. The van der Waals surface area contributed by atoms with Crippen molar-refractivity contribution in [3.8, 4) is 0 Å². The number of aryl methyl sites for hydroxylation is 1. The van der Waals surface area contributed by atoms with Gasteiger partial charge in [-0.25, -0.2) is 0 Å². The molecular formula is C15H19NS. The van der Waals surface area contributed by atoms with Crippen LogP contribution in [0.5, 0.6) is 0 Å². The Labute approximate surface area is 108 Å². The van der Waals surface area contributed by atoms with E-state index in [0.29, 0.717) is 5.92 Å². The van der Waals surface area contributed by atoms with Crippen LogP contribution in [0.4, 0.5) is 0 Å². The van der Waals surface area contributed by atoms with Crippen molar-refractivity contribution in [2.45, 2.75) is 26.3 Å². The van der Waals surface area contributed by atoms with E-state index in [4.69, 9.17) is 0 Å². The number of nitrogens with one attached hydrogen (secondary N) is 1. The normalized spacial score (nSPS) is 12.6. The highest BCUT2D eigenvalue weighted by atomic mass is 32.1. The van der Waals surface area contributed by atoms with Gasteiger partial charge in [0.1, 0.15) is 0 Å². The maximum absolute atomic E-state index is 3.52. The van der Waals surface area contributed by atoms with E-state index in [-0.39, 0.29) is 0 Å². The summed E-state index contributed by atoms with van der Waals surface area (Å²) in [6.07, 6.45) is 0. The third-order valence-corrected chi connectivity index (χ3v) is 3.92. The molecule has 1 heterocycles. The predicted octanol–water partition coefficient (Wildman–Crippen LogP) is 3.95. The molecule has 1 aromatic heterocycles. The molecule has 0 spiro atoms. The van der Waals surface area contributed by atoms with Crippen LogP contribution in [-0.2, 0) is 6.54 Å². The first-order valence-corrected chi connectivity index (χ1v) is 6.88. The first-order chi connectivity index (χ1) is 8.25. The van der Waals surface area contributed by atoms with E-state index in [0.717, 1.165) is 13.1 Å². The van der Waals surface area contributed by atoms with Crippen molar-refractivity contribution in [3.63, 3.8) is 0 Å². The minimum absolute atomic E-state index is 0.567. The van der Waals surface area contributed by atoms with E-state index < -0.39 is 0 Å². The number of hydrogen-bond acceptors (Lipinski definition) is 2. The standard InChI is InChI=1S/C15H19NS/c1-12(14-6-4-3-5-7-14)10-16-11-15-9-8-13(2)17-15/h3-9,12,16H,10-11H2,1-2H3. The van der Waals surface area contributed by atoms with Gasteiger partial charge in [0.2, 0.25) is 0 Å². The molecule has 2 heteroatoms. The average Bonchev–Trinajstić information content (AvgIpc) is 2.76. The summed E-state index contributed by atoms with van der Waals surface area (Å²) in [7, 11) is 0. The molecule has 1 atom stereocenters. The maximum Gasteiger partial charge on any atom is 0.0300 e. The van der Waals surface area contributed by atoms with Crippen LogP contribution in [0.2, 0.25) is 0 Å². The fourth-order valence-electron chi connectivity index (χ4n) is 1.89. The minimum atomic E-state index is 0.567. The van der Waals surface area contributed by atoms with Crippen LogP contribution in [0.15, 0.2) is 42.5 Å². The molecule has 17 heavy (non-hydrogen) atoms. The second kappa shape index (κ2) is 5.99. The van der Waals surface area contributed by atoms with Gasteiger partial charge in [-0.1, -0.05) is 37.3 Å². The largest absolute Gasteiger partial charge is 0.311 e. The van der Waals surface area contributed by atoms with Crippen molar-refractivity contribution in [1.82, 2.24) is 5.32 Å². The van der Waals surface area contributed by atoms with Gasteiger partial charge in [-0.2, -0.15) is 0 Å². The summed E-state index contributed by atoms with van der Waals surface area (Å²) in [5.41, 5.74) is 1.40. The molecule has 1 unspecified atom stereocenters. The number of thiophene rings is 1. The van der Waals surface area contributed by atoms with Crippen molar-refractivity contribution in [1.29, 1.82) is 0 Å². The molecule has 1 aromatic carbocycles. The van der Waals surface area contributed by atoms with Gasteiger partial charge in [-0.05, 0) is 30.5 Å². The molecule has 2 aromatic rings. The Balaban J connectivity index is 1.79. The van der Waals surface area contributed by atoms with Gasteiger partial charge in [-0.3, -0.25) is 0 Å². The third-order valence-electron chi connectivity index (χ3n) is 2.91.